The van der Waals surface area contributed by atoms with Gasteiger partial charge in [-0.05, 0) is 67.0 Å². The summed E-state index contributed by atoms with van der Waals surface area (Å²) < 4.78 is 28.5. The maximum absolute atomic E-state index is 12.8. The average molecular weight is 393 g/mol. The van der Waals surface area contributed by atoms with E-state index in [9.17, 15) is 13.5 Å². The zero-order valence-electron chi connectivity index (χ0n) is 16.3. The van der Waals surface area contributed by atoms with Gasteiger partial charge >= 0.3 is 0 Å². The molecule has 2 atom stereocenters. The lowest BCUT2D eigenvalue weighted by Crippen LogP contribution is -2.36. The second-order valence-electron chi connectivity index (χ2n) is 7.65. The van der Waals surface area contributed by atoms with Crippen LogP contribution in [-0.4, -0.2) is 32.7 Å². The van der Waals surface area contributed by atoms with E-state index in [2.05, 4.69) is 18.6 Å². The number of nitrogens with two attached hydrogens (primary N) is 1. The minimum absolute atomic E-state index is 0.0532. The zero-order chi connectivity index (χ0) is 19.9. The van der Waals surface area contributed by atoms with E-state index in [1.807, 2.05) is 30.3 Å². The van der Waals surface area contributed by atoms with Crippen LogP contribution in [0.1, 0.15) is 39.5 Å². The molecule has 0 aromatic heterocycles. The Morgan fingerprint density at radius 2 is 1.74 bits per heavy atom. The topological polar surface area (TPSA) is 92.4 Å². The predicted molar refractivity (Wildman–Crippen MR) is 111 cm³/mol. The van der Waals surface area contributed by atoms with Crippen molar-refractivity contribution < 1.29 is 13.5 Å². The van der Waals surface area contributed by atoms with E-state index < -0.39 is 10.0 Å². The van der Waals surface area contributed by atoms with Crippen molar-refractivity contribution in [2.75, 3.05) is 13.2 Å². The van der Waals surface area contributed by atoms with Crippen LogP contribution in [0.5, 0.6) is 0 Å². The number of hydrogen-bond acceptors (Lipinski definition) is 4. The van der Waals surface area contributed by atoms with Crippen LogP contribution in [0.4, 0.5) is 0 Å². The Balaban J connectivity index is 2.10. The van der Waals surface area contributed by atoms with E-state index in [4.69, 9.17) is 5.73 Å². The fraction of sp³-hybridized carbons (Fsp3) is 0.524. The molecule has 0 aliphatic rings. The average Bonchev–Trinajstić information content (AvgIpc) is 2.64. The molecule has 0 aliphatic heterocycles. The molecule has 27 heavy (non-hydrogen) atoms. The Hall–Kier alpha value is -1.47. The van der Waals surface area contributed by atoms with E-state index in [0.29, 0.717) is 31.2 Å². The molecule has 0 saturated carbocycles. The van der Waals surface area contributed by atoms with Gasteiger partial charge in [0.25, 0.3) is 0 Å². The molecule has 2 aromatic rings. The van der Waals surface area contributed by atoms with Crippen LogP contribution in [0, 0.1) is 11.8 Å². The largest absolute Gasteiger partial charge is 0.396 e. The number of aliphatic hydroxyl groups is 1. The first kappa shape index (κ1) is 21.8. The Kier molecular flexibility index (Phi) is 8.23. The van der Waals surface area contributed by atoms with E-state index in [-0.39, 0.29) is 17.5 Å². The summed E-state index contributed by atoms with van der Waals surface area (Å²) in [6, 6.07) is 12.5. The van der Waals surface area contributed by atoms with Crippen molar-refractivity contribution >= 4 is 20.8 Å². The van der Waals surface area contributed by atoms with Crippen LogP contribution in [0.2, 0.25) is 0 Å². The van der Waals surface area contributed by atoms with E-state index >= 15 is 0 Å². The van der Waals surface area contributed by atoms with Crippen molar-refractivity contribution in [2.24, 2.45) is 17.6 Å². The minimum atomic E-state index is -3.64. The predicted octanol–water partition coefficient (Wildman–Crippen LogP) is 3.27. The van der Waals surface area contributed by atoms with Gasteiger partial charge in [0, 0.05) is 12.6 Å². The van der Waals surface area contributed by atoms with Crippen LogP contribution in [-0.2, 0) is 10.0 Å². The summed E-state index contributed by atoms with van der Waals surface area (Å²) in [5.74, 6) is 0.931. The Morgan fingerprint density at radius 1 is 1.04 bits per heavy atom. The summed E-state index contributed by atoms with van der Waals surface area (Å²) in [4.78, 5) is 0.252. The molecule has 4 N–H and O–H groups in total. The van der Waals surface area contributed by atoms with Gasteiger partial charge in [0.1, 0.15) is 0 Å². The lowest BCUT2D eigenvalue weighted by molar-refractivity contribution is 0.261. The second-order valence-corrected chi connectivity index (χ2v) is 9.36. The van der Waals surface area contributed by atoms with Gasteiger partial charge in [-0.2, -0.15) is 0 Å². The first-order chi connectivity index (χ1) is 12.9. The van der Waals surface area contributed by atoms with Gasteiger partial charge < -0.3 is 10.8 Å². The molecule has 2 aromatic carbocycles. The summed E-state index contributed by atoms with van der Waals surface area (Å²) >= 11 is 0. The molecule has 0 spiro atoms. The van der Waals surface area contributed by atoms with E-state index in [1.165, 1.54) is 0 Å². The van der Waals surface area contributed by atoms with E-state index in [1.54, 1.807) is 12.1 Å². The summed E-state index contributed by atoms with van der Waals surface area (Å²) in [6.45, 7) is 4.87. The molecule has 0 radical (unpaired) electrons. The van der Waals surface area contributed by atoms with Gasteiger partial charge in [-0.1, -0.05) is 44.2 Å². The molecule has 5 nitrogen and oxygen atoms in total. The van der Waals surface area contributed by atoms with Gasteiger partial charge in [0.2, 0.25) is 10.0 Å². The van der Waals surface area contributed by atoms with Crippen molar-refractivity contribution in [1.82, 2.24) is 4.72 Å². The monoisotopic (exact) mass is 392 g/mol. The smallest absolute Gasteiger partial charge is 0.240 e. The van der Waals surface area contributed by atoms with Gasteiger partial charge in [-0.25, -0.2) is 13.1 Å². The van der Waals surface area contributed by atoms with Crippen LogP contribution in [0.15, 0.2) is 47.4 Å². The molecule has 0 saturated heterocycles. The third-order valence-electron chi connectivity index (χ3n) is 4.89. The SMILES string of the molecule is CC(C)C[C@H](CN)CC[C@H](CCO)NS(=O)(=O)c1ccc2ccccc2c1. The summed E-state index contributed by atoms with van der Waals surface area (Å²) in [7, 11) is -3.64. The molecule has 0 unspecified atom stereocenters. The highest BCUT2D eigenvalue weighted by Gasteiger charge is 2.21. The van der Waals surface area contributed by atoms with Crippen molar-refractivity contribution in [3.8, 4) is 0 Å². The Bertz CT molecular complexity index is 821. The van der Waals surface area contributed by atoms with Crippen LogP contribution in [0.3, 0.4) is 0 Å². The van der Waals surface area contributed by atoms with E-state index in [0.717, 1.165) is 23.6 Å². The first-order valence-electron chi connectivity index (χ1n) is 9.67. The molecule has 0 bridgehead atoms. The normalized spacial score (nSPS) is 14.6. The maximum atomic E-state index is 12.8. The lowest BCUT2D eigenvalue weighted by atomic mass is 9.91. The Labute approximate surface area is 163 Å². The molecule has 0 amide bonds. The maximum Gasteiger partial charge on any atom is 0.240 e. The number of nitrogens with one attached hydrogen (secondary N) is 1. The van der Waals surface area contributed by atoms with Crippen LogP contribution < -0.4 is 10.5 Å². The summed E-state index contributed by atoms with van der Waals surface area (Å²) in [5.41, 5.74) is 5.86. The number of benzene rings is 2. The van der Waals surface area contributed by atoms with Gasteiger partial charge in [0.15, 0.2) is 0 Å². The number of rotatable bonds is 11. The highest BCUT2D eigenvalue weighted by molar-refractivity contribution is 7.89. The highest BCUT2D eigenvalue weighted by Crippen LogP contribution is 2.21. The van der Waals surface area contributed by atoms with Crippen molar-refractivity contribution in [2.45, 2.75) is 50.5 Å². The zero-order valence-corrected chi connectivity index (χ0v) is 17.1. The number of sulfonamides is 1. The Morgan fingerprint density at radius 3 is 2.37 bits per heavy atom. The van der Waals surface area contributed by atoms with Crippen molar-refractivity contribution in [3.05, 3.63) is 42.5 Å². The van der Waals surface area contributed by atoms with Crippen LogP contribution in [0.25, 0.3) is 10.8 Å². The fourth-order valence-corrected chi connectivity index (χ4v) is 4.82. The first-order valence-corrected chi connectivity index (χ1v) is 11.2. The fourth-order valence-electron chi connectivity index (χ4n) is 3.48. The highest BCUT2D eigenvalue weighted by atomic mass is 32.2. The van der Waals surface area contributed by atoms with Crippen molar-refractivity contribution in [3.63, 3.8) is 0 Å². The summed E-state index contributed by atoms with van der Waals surface area (Å²) in [5, 5.41) is 11.2. The number of aliphatic hydroxyl groups excluding tert-OH is 1. The molecular formula is C21H32N2O3S. The van der Waals surface area contributed by atoms with Crippen LogP contribution >= 0.6 is 0 Å². The van der Waals surface area contributed by atoms with Gasteiger partial charge in [-0.15, -0.1) is 0 Å². The molecule has 2 rings (SSSR count). The molecule has 0 fully saturated rings. The molecular weight excluding hydrogens is 360 g/mol. The quantitative estimate of drug-likeness (QED) is 0.547. The number of fused-ring (bicyclic) bond motifs is 1. The lowest BCUT2D eigenvalue weighted by Gasteiger charge is -2.22. The third kappa shape index (κ3) is 6.57. The molecule has 6 heteroatoms. The molecule has 0 heterocycles. The molecule has 0 aliphatic carbocycles. The molecule has 150 valence electrons. The van der Waals surface area contributed by atoms with Gasteiger partial charge in [-0.3, -0.25) is 0 Å². The van der Waals surface area contributed by atoms with Gasteiger partial charge in [0.05, 0.1) is 4.90 Å². The second kappa shape index (κ2) is 10.2. The van der Waals surface area contributed by atoms with Crippen molar-refractivity contribution in [1.29, 1.82) is 0 Å². The summed E-state index contributed by atoms with van der Waals surface area (Å²) in [6.07, 6.45) is 2.94. The third-order valence-corrected chi connectivity index (χ3v) is 6.41. The standard InChI is InChI=1S/C21H32N2O3S/c1-16(2)13-17(15-22)7-9-20(11-12-24)23-27(25,26)21-10-8-18-5-3-4-6-19(18)14-21/h3-6,8,10,14,16-17,20,23-24H,7,9,11-13,15,22H2,1-2H3/t17-,20-/m1/s1. The minimum Gasteiger partial charge on any atom is -0.396 e. The number of hydrogen-bond donors (Lipinski definition) is 3.